The van der Waals surface area contributed by atoms with Crippen molar-refractivity contribution in [2.45, 2.75) is 386 Å². The van der Waals surface area contributed by atoms with Gasteiger partial charge in [0.1, 0.15) is 13.2 Å². The summed E-state index contributed by atoms with van der Waals surface area (Å²) < 4.78 is 16.8. The van der Waals surface area contributed by atoms with Gasteiger partial charge in [0.2, 0.25) is 0 Å². The summed E-state index contributed by atoms with van der Waals surface area (Å²) in [4.78, 5) is 38.0. The summed E-state index contributed by atoms with van der Waals surface area (Å²) in [5.41, 5.74) is 0. The van der Waals surface area contributed by atoms with E-state index < -0.39 is 6.10 Å². The molecule has 71 heavy (non-hydrogen) atoms. The third kappa shape index (κ3) is 59.2. The van der Waals surface area contributed by atoms with Gasteiger partial charge in [-0.05, 0) is 19.3 Å². The number of rotatable bonds is 61. The molecule has 0 aromatic carbocycles. The van der Waals surface area contributed by atoms with Crippen LogP contribution in [0.25, 0.3) is 0 Å². The lowest BCUT2D eigenvalue weighted by molar-refractivity contribution is -0.167. The van der Waals surface area contributed by atoms with E-state index in [1.807, 2.05) is 0 Å². The van der Waals surface area contributed by atoms with E-state index in [0.717, 1.165) is 57.8 Å². The summed E-state index contributed by atoms with van der Waals surface area (Å²) in [6.07, 6.45) is 70.2. The zero-order valence-electron chi connectivity index (χ0n) is 48.5. The Bertz CT molecular complexity index is 1060. The molecule has 0 radical (unpaired) electrons. The lowest BCUT2D eigenvalue weighted by atomic mass is 10.0. The second-order valence-electron chi connectivity index (χ2n) is 22.4. The molecule has 0 aromatic heterocycles. The second kappa shape index (κ2) is 61.0. The fourth-order valence-electron chi connectivity index (χ4n) is 10.2. The van der Waals surface area contributed by atoms with Crippen LogP contribution in [0.3, 0.4) is 0 Å². The fraction of sp³-hybridized carbons (Fsp3) is 0.954. The zero-order chi connectivity index (χ0) is 51.4. The minimum atomic E-state index is -0.760. The Balaban J connectivity index is 3.89. The van der Waals surface area contributed by atoms with Gasteiger partial charge in [-0.25, -0.2) is 0 Å². The highest BCUT2D eigenvalue weighted by atomic mass is 16.6. The molecule has 6 heteroatoms. The molecule has 1 unspecified atom stereocenters. The summed E-state index contributed by atoms with van der Waals surface area (Å²) in [6.45, 7) is 6.68. The fourth-order valence-corrected chi connectivity index (χ4v) is 10.2. The van der Waals surface area contributed by atoms with Gasteiger partial charge in [0.25, 0.3) is 0 Å². The van der Waals surface area contributed by atoms with Crippen LogP contribution in [0.1, 0.15) is 380 Å². The van der Waals surface area contributed by atoms with Gasteiger partial charge in [0, 0.05) is 19.3 Å². The van der Waals surface area contributed by atoms with Crippen LogP contribution in [0.4, 0.5) is 0 Å². The van der Waals surface area contributed by atoms with Crippen molar-refractivity contribution in [1.82, 2.24) is 0 Å². The first-order valence-corrected chi connectivity index (χ1v) is 32.5. The third-order valence-corrected chi connectivity index (χ3v) is 15.1. The Morgan fingerprint density at radius 1 is 0.225 bits per heavy atom. The third-order valence-electron chi connectivity index (χ3n) is 15.1. The minimum Gasteiger partial charge on any atom is -0.462 e. The molecule has 1 atom stereocenters. The zero-order valence-corrected chi connectivity index (χ0v) is 48.5. The molecule has 0 amide bonds. The Morgan fingerprint density at radius 2 is 0.380 bits per heavy atom. The Hall–Kier alpha value is -1.59. The first kappa shape index (κ1) is 69.4. The molecule has 0 aliphatic rings. The molecule has 0 saturated heterocycles. The highest BCUT2D eigenvalue weighted by Crippen LogP contribution is 2.19. The number of carbonyl (C=O) groups is 3. The van der Waals surface area contributed by atoms with Crippen molar-refractivity contribution in [3.8, 4) is 0 Å². The number of carbonyl (C=O) groups excluding carboxylic acids is 3. The normalized spacial score (nSPS) is 11.9. The van der Waals surface area contributed by atoms with Crippen molar-refractivity contribution in [2.24, 2.45) is 0 Å². The number of ether oxygens (including phenoxy) is 3. The number of unbranched alkanes of at least 4 members (excludes halogenated alkanes) is 50. The maximum absolute atomic E-state index is 12.8. The van der Waals surface area contributed by atoms with E-state index in [1.165, 1.54) is 283 Å². The van der Waals surface area contributed by atoms with Crippen LogP contribution in [0.15, 0.2) is 0 Å². The SMILES string of the molecule is CCCCCCCCCCCCCCCCCCCCCCCCCCCCCCCCCCCC(=O)OCC(COC(=O)CCCCCCCCCCC)OC(=O)CCCCCCCCCCCCC. The summed E-state index contributed by atoms with van der Waals surface area (Å²) in [5.74, 6) is -0.839. The van der Waals surface area contributed by atoms with Gasteiger partial charge >= 0.3 is 17.9 Å². The summed E-state index contributed by atoms with van der Waals surface area (Å²) in [6, 6.07) is 0. The van der Waals surface area contributed by atoms with Crippen molar-refractivity contribution in [3.05, 3.63) is 0 Å². The molecule has 0 spiro atoms. The van der Waals surface area contributed by atoms with Gasteiger partial charge in [-0.3, -0.25) is 14.4 Å². The van der Waals surface area contributed by atoms with Crippen LogP contribution in [0.5, 0.6) is 0 Å². The standard InChI is InChI=1S/C65H126O6/c1-4-7-10-13-16-19-21-22-23-24-25-26-27-28-29-30-31-32-33-34-35-36-37-38-39-40-41-42-44-46-49-52-55-58-64(67)70-61-62(60-69-63(66)57-54-51-48-45-18-15-12-9-6-3)71-65(68)59-56-53-50-47-43-20-17-14-11-8-5-2/h62H,4-61H2,1-3H3. The summed E-state index contributed by atoms with van der Waals surface area (Å²) in [5, 5.41) is 0. The first-order valence-electron chi connectivity index (χ1n) is 32.5. The van der Waals surface area contributed by atoms with Gasteiger partial charge in [0.15, 0.2) is 6.10 Å². The minimum absolute atomic E-state index is 0.0617. The average Bonchev–Trinajstić information content (AvgIpc) is 3.37. The molecule has 0 bridgehead atoms. The number of hydrogen-bond donors (Lipinski definition) is 0. The van der Waals surface area contributed by atoms with Gasteiger partial charge in [-0.1, -0.05) is 342 Å². The lowest BCUT2D eigenvalue weighted by Crippen LogP contribution is -2.30. The molecule has 0 rings (SSSR count). The monoisotopic (exact) mass is 1000 g/mol. The largest absolute Gasteiger partial charge is 0.462 e. The summed E-state index contributed by atoms with van der Waals surface area (Å²) in [7, 11) is 0. The maximum atomic E-state index is 12.8. The molecule has 0 heterocycles. The molecule has 6 nitrogen and oxygen atoms in total. The van der Waals surface area contributed by atoms with E-state index in [-0.39, 0.29) is 31.1 Å². The molecule has 0 fully saturated rings. The topological polar surface area (TPSA) is 78.9 Å². The molecular weight excluding hydrogens is 877 g/mol. The molecule has 0 aromatic rings. The first-order chi connectivity index (χ1) is 35.0. The van der Waals surface area contributed by atoms with Crippen LogP contribution >= 0.6 is 0 Å². The predicted molar refractivity (Wildman–Crippen MR) is 307 cm³/mol. The Morgan fingerprint density at radius 3 is 0.563 bits per heavy atom. The molecular formula is C65H126O6. The van der Waals surface area contributed by atoms with E-state index in [1.54, 1.807) is 0 Å². The number of hydrogen-bond acceptors (Lipinski definition) is 6. The van der Waals surface area contributed by atoms with Gasteiger partial charge in [-0.15, -0.1) is 0 Å². The van der Waals surface area contributed by atoms with Crippen LogP contribution in [-0.2, 0) is 28.6 Å². The van der Waals surface area contributed by atoms with Crippen molar-refractivity contribution < 1.29 is 28.6 Å². The van der Waals surface area contributed by atoms with E-state index in [2.05, 4.69) is 20.8 Å². The van der Waals surface area contributed by atoms with Crippen LogP contribution in [0.2, 0.25) is 0 Å². The molecule has 0 aliphatic heterocycles. The number of esters is 3. The predicted octanol–water partition coefficient (Wildman–Crippen LogP) is 21.9. The highest BCUT2D eigenvalue weighted by molar-refractivity contribution is 5.71. The maximum Gasteiger partial charge on any atom is 0.306 e. The van der Waals surface area contributed by atoms with E-state index >= 15 is 0 Å². The van der Waals surface area contributed by atoms with Gasteiger partial charge in [-0.2, -0.15) is 0 Å². The average molecular weight is 1000 g/mol. The second-order valence-corrected chi connectivity index (χ2v) is 22.4. The van der Waals surface area contributed by atoms with Crippen molar-refractivity contribution in [3.63, 3.8) is 0 Å². The Kier molecular flexibility index (Phi) is 59.6. The van der Waals surface area contributed by atoms with Crippen molar-refractivity contribution in [2.75, 3.05) is 13.2 Å². The van der Waals surface area contributed by atoms with Gasteiger partial charge < -0.3 is 14.2 Å². The van der Waals surface area contributed by atoms with Crippen LogP contribution in [0, 0.1) is 0 Å². The van der Waals surface area contributed by atoms with Gasteiger partial charge in [0.05, 0.1) is 0 Å². The van der Waals surface area contributed by atoms with Crippen LogP contribution in [-0.4, -0.2) is 37.2 Å². The lowest BCUT2D eigenvalue weighted by Gasteiger charge is -2.18. The quantitative estimate of drug-likeness (QED) is 0.0343. The Labute approximate surface area is 444 Å². The van der Waals surface area contributed by atoms with E-state index in [9.17, 15) is 14.4 Å². The molecule has 0 aliphatic carbocycles. The van der Waals surface area contributed by atoms with E-state index in [0.29, 0.717) is 19.3 Å². The van der Waals surface area contributed by atoms with Crippen molar-refractivity contribution in [1.29, 1.82) is 0 Å². The molecule has 422 valence electrons. The summed E-state index contributed by atoms with van der Waals surface area (Å²) >= 11 is 0. The smallest absolute Gasteiger partial charge is 0.306 e. The van der Waals surface area contributed by atoms with E-state index in [4.69, 9.17) is 14.2 Å². The highest BCUT2D eigenvalue weighted by Gasteiger charge is 2.19. The van der Waals surface area contributed by atoms with Crippen LogP contribution < -0.4 is 0 Å². The van der Waals surface area contributed by atoms with Crippen molar-refractivity contribution >= 4 is 17.9 Å². The molecule has 0 N–H and O–H groups in total. The molecule has 0 saturated carbocycles.